The molecule has 118 valence electrons. The van der Waals surface area contributed by atoms with Gasteiger partial charge in [0.05, 0.1) is 6.54 Å². The third-order valence-electron chi connectivity index (χ3n) is 3.77. The summed E-state index contributed by atoms with van der Waals surface area (Å²) in [6.07, 6.45) is 2.02. The van der Waals surface area contributed by atoms with Gasteiger partial charge in [0, 0.05) is 11.6 Å². The first-order chi connectivity index (χ1) is 9.88. The molecule has 0 saturated carbocycles. The molecule has 1 aliphatic rings. The highest BCUT2D eigenvalue weighted by molar-refractivity contribution is 7.99. The predicted octanol–water partition coefficient (Wildman–Crippen LogP) is 2.30. The molecule has 1 fully saturated rings. The van der Waals surface area contributed by atoms with Crippen molar-refractivity contribution in [2.24, 2.45) is 0 Å². The van der Waals surface area contributed by atoms with Crippen molar-refractivity contribution in [3.05, 3.63) is 23.2 Å². The van der Waals surface area contributed by atoms with Crippen LogP contribution in [0.4, 0.5) is 4.79 Å². The highest BCUT2D eigenvalue weighted by Crippen LogP contribution is 2.26. The van der Waals surface area contributed by atoms with E-state index >= 15 is 0 Å². The third kappa shape index (κ3) is 4.41. The molecule has 0 aromatic carbocycles. The molecule has 1 aromatic rings. The van der Waals surface area contributed by atoms with E-state index < -0.39 is 5.60 Å². The van der Waals surface area contributed by atoms with Gasteiger partial charge in [-0.25, -0.2) is 4.79 Å². The van der Waals surface area contributed by atoms with Crippen molar-refractivity contribution in [1.82, 2.24) is 10.6 Å². The minimum Gasteiger partial charge on any atom is -0.466 e. The van der Waals surface area contributed by atoms with Crippen LogP contribution in [-0.4, -0.2) is 35.2 Å². The normalized spacial score (nSPS) is 19.0. The second kappa shape index (κ2) is 6.75. The number of amides is 2. The van der Waals surface area contributed by atoms with Crippen molar-refractivity contribution in [2.75, 3.05) is 18.1 Å². The Morgan fingerprint density at radius 2 is 2.14 bits per heavy atom. The molecule has 1 unspecified atom stereocenters. The molecule has 2 amide bonds. The first-order valence-corrected chi connectivity index (χ1v) is 8.46. The maximum Gasteiger partial charge on any atom is 0.315 e. The number of carbonyl (C=O) groups is 1. The minimum atomic E-state index is -1.14. The number of aryl methyl sites for hydroxylation is 2. The minimum absolute atomic E-state index is 0.153. The fourth-order valence-corrected chi connectivity index (χ4v) is 3.70. The Hall–Kier alpha value is -1.14. The van der Waals surface area contributed by atoms with Crippen LogP contribution >= 0.6 is 11.8 Å². The monoisotopic (exact) mass is 312 g/mol. The Morgan fingerprint density at radius 3 is 2.71 bits per heavy atom. The van der Waals surface area contributed by atoms with Gasteiger partial charge in [-0.15, -0.1) is 0 Å². The van der Waals surface area contributed by atoms with Gasteiger partial charge in [0.25, 0.3) is 0 Å². The van der Waals surface area contributed by atoms with E-state index in [-0.39, 0.29) is 18.6 Å². The van der Waals surface area contributed by atoms with E-state index in [1.54, 1.807) is 6.92 Å². The molecule has 6 heteroatoms. The molecule has 0 aliphatic carbocycles. The lowest BCUT2D eigenvalue weighted by Gasteiger charge is -2.26. The lowest BCUT2D eigenvalue weighted by molar-refractivity contribution is 0.0577. The van der Waals surface area contributed by atoms with Crippen molar-refractivity contribution in [3.8, 4) is 0 Å². The summed E-state index contributed by atoms with van der Waals surface area (Å²) in [5, 5.41) is 16.3. The maximum absolute atomic E-state index is 11.9. The topological polar surface area (TPSA) is 74.5 Å². The molecule has 0 radical (unpaired) electrons. The molecule has 1 aliphatic heterocycles. The second-order valence-electron chi connectivity index (χ2n) is 5.81. The third-order valence-corrected chi connectivity index (χ3v) is 4.82. The zero-order chi connectivity index (χ0) is 15.5. The Balaban J connectivity index is 1.86. The van der Waals surface area contributed by atoms with Crippen molar-refractivity contribution in [1.29, 1.82) is 0 Å². The lowest BCUT2D eigenvalue weighted by atomic mass is 9.96. The zero-order valence-corrected chi connectivity index (χ0v) is 13.7. The first-order valence-electron chi connectivity index (χ1n) is 7.30. The quantitative estimate of drug-likeness (QED) is 0.797. The van der Waals surface area contributed by atoms with Crippen LogP contribution in [-0.2, 0) is 5.60 Å². The predicted molar refractivity (Wildman–Crippen MR) is 84.6 cm³/mol. The fraction of sp³-hybridized carbons (Fsp3) is 0.667. The van der Waals surface area contributed by atoms with E-state index in [0.29, 0.717) is 5.76 Å². The van der Waals surface area contributed by atoms with Gasteiger partial charge in [-0.1, -0.05) is 0 Å². The molecule has 5 nitrogen and oxygen atoms in total. The van der Waals surface area contributed by atoms with Gasteiger partial charge in [0.15, 0.2) is 0 Å². The van der Waals surface area contributed by atoms with Crippen molar-refractivity contribution < 1.29 is 14.3 Å². The van der Waals surface area contributed by atoms with Crippen LogP contribution in [0.15, 0.2) is 10.5 Å². The summed E-state index contributed by atoms with van der Waals surface area (Å²) in [5.41, 5.74) is -0.420. The summed E-state index contributed by atoms with van der Waals surface area (Å²) in [5.74, 6) is 3.63. The standard InChI is InChI=1S/C15H24N2O3S/c1-10-8-13(11(2)20-10)15(3,19)9-16-14(18)17-12-4-6-21-7-5-12/h8,12,19H,4-7,9H2,1-3H3,(H2,16,17,18). The molecular weight excluding hydrogens is 288 g/mol. The molecule has 0 bridgehead atoms. The van der Waals surface area contributed by atoms with Crippen LogP contribution in [0.1, 0.15) is 36.8 Å². The van der Waals surface area contributed by atoms with Crippen LogP contribution in [0.5, 0.6) is 0 Å². The van der Waals surface area contributed by atoms with E-state index in [2.05, 4.69) is 10.6 Å². The van der Waals surface area contributed by atoms with Crippen LogP contribution in [0, 0.1) is 13.8 Å². The van der Waals surface area contributed by atoms with E-state index in [9.17, 15) is 9.90 Å². The Morgan fingerprint density at radius 1 is 1.48 bits per heavy atom. The maximum atomic E-state index is 11.9. The second-order valence-corrected chi connectivity index (χ2v) is 7.04. The summed E-state index contributed by atoms with van der Waals surface area (Å²) < 4.78 is 5.44. The van der Waals surface area contributed by atoms with Crippen LogP contribution in [0.2, 0.25) is 0 Å². The van der Waals surface area contributed by atoms with Crippen molar-refractivity contribution in [2.45, 2.75) is 45.3 Å². The number of aliphatic hydroxyl groups is 1. The number of hydrogen-bond donors (Lipinski definition) is 3. The average molecular weight is 312 g/mol. The number of thioether (sulfide) groups is 1. The first kappa shape index (κ1) is 16.2. The number of urea groups is 1. The molecular formula is C15H24N2O3S. The summed E-state index contributed by atoms with van der Waals surface area (Å²) in [4.78, 5) is 11.9. The molecule has 21 heavy (non-hydrogen) atoms. The molecule has 2 heterocycles. The molecule has 3 N–H and O–H groups in total. The Bertz CT molecular complexity index is 493. The van der Waals surface area contributed by atoms with Crippen LogP contribution in [0.25, 0.3) is 0 Å². The SMILES string of the molecule is Cc1cc(C(C)(O)CNC(=O)NC2CCSCC2)c(C)o1. The van der Waals surface area contributed by atoms with Gasteiger partial charge in [0.2, 0.25) is 0 Å². The highest BCUT2D eigenvalue weighted by atomic mass is 32.2. The largest absolute Gasteiger partial charge is 0.466 e. The summed E-state index contributed by atoms with van der Waals surface area (Å²) in [7, 11) is 0. The van der Waals surface area contributed by atoms with Crippen molar-refractivity contribution >= 4 is 17.8 Å². The molecule has 1 saturated heterocycles. The number of carbonyl (C=O) groups excluding carboxylic acids is 1. The van der Waals surface area contributed by atoms with Crippen molar-refractivity contribution in [3.63, 3.8) is 0 Å². The molecule has 2 rings (SSSR count). The van der Waals surface area contributed by atoms with Gasteiger partial charge >= 0.3 is 6.03 Å². The zero-order valence-electron chi connectivity index (χ0n) is 12.9. The average Bonchev–Trinajstić information content (AvgIpc) is 2.78. The number of hydrogen-bond acceptors (Lipinski definition) is 4. The van der Waals surface area contributed by atoms with Gasteiger partial charge in [-0.2, -0.15) is 11.8 Å². The van der Waals surface area contributed by atoms with Gasteiger partial charge in [-0.05, 0) is 51.2 Å². The number of nitrogens with one attached hydrogen (secondary N) is 2. The molecule has 1 aromatic heterocycles. The van der Waals surface area contributed by atoms with Gasteiger partial charge in [0.1, 0.15) is 17.1 Å². The highest BCUT2D eigenvalue weighted by Gasteiger charge is 2.28. The Labute approximate surface area is 129 Å². The lowest BCUT2D eigenvalue weighted by Crippen LogP contribution is -2.47. The fourth-order valence-electron chi connectivity index (χ4n) is 2.59. The van der Waals surface area contributed by atoms with Crippen LogP contribution in [0.3, 0.4) is 0 Å². The van der Waals surface area contributed by atoms with Gasteiger partial charge in [-0.3, -0.25) is 0 Å². The van der Waals surface area contributed by atoms with Gasteiger partial charge < -0.3 is 20.2 Å². The number of furan rings is 1. The number of rotatable bonds is 4. The van der Waals surface area contributed by atoms with E-state index in [1.807, 2.05) is 31.7 Å². The van der Waals surface area contributed by atoms with E-state index in [4.69, 9.17) is 4.42 Å². The molecule has 1 atom stereocenters. The Kier molecular flexibility index (Phi) is 5.22. The van der Waals surface area contributed by atoms with Crippen LogP contribution < -0.4 is 10.6 Å². The smallest absolute Gasteiger partial charge is 0.315 e. The summed E-state index contributed by atoms with van der Waals surface area (Å²) >= 11 is 1.92. The molecule has 0 spiro atoms. The summed E-state index contributed by atoms with van der Waals surface area (Å²) in [6, 6.07) is 1.84. The van der Waals surface area contributed by atoms with E-state index in [1.165, 1.54) is 0 Å². The summed E-state index contributed by atoms with van der Waals surface area (Å²) in [6.45, 7) is 5.49. The van der Waals surface area contributed by atoms with E-state index in [0.717, 1.165) is 35.7 Å².